The number of benzene rings is 1. The second-order valence-corrected chi connectivity index (χ2v) is 7.13. The van der Waals surface area contributed by atoms with E-state index in [1.807, 2.05) is 24.4 Å². The van der Waals surface area contributed by atoms with Crippen LogP contribution >= 0.6 is 0 Å². The minimum atomic E-state index is -0.274. The number of aromatic nitrogens is 4. The van der Waals surface area contributed by atoms with E-state index in [4.69, 9.17) is 0 Å². The van der Waals surface area contributed by atoms with E-state index in [0.29, 0.717) is 11.4 Å². The molecule has 5 rings (SSSR count). The van der Waals surface area contributed by atoms with E-state index in [9.17, 15) is 4.79 Å². The molecule has 0 bridgehead atoms. The molecule has 0 unspecified atom stereocenters. The van der Waals surface area contributed by atoms with Gasteiger partial charge in [0.25, 0.3) is 5.91 Å². The maximum atomic E-state index is 12.7. The molecule has 4 heterocycles. The molecule has 7 nitrogen and oxygen atoms in total. The summed E-state index contributed by atoms with van der Waals surface area (Å²) in [6.07, 6.45) is 7.61. The van der Waals surface area contributed by atoms with Gasteiger partial charge in [-0.05, 0) is 54.8 Å². The number of nitrogens with zero attached hydrogens (tertiary/aromatic N) is 4. The van der Waals surface area contributed by atoms with E-state index < -0.39 is 0 Å². The summed E-state index contributed by atoms with van der Waals surface area (Å²) < 4.78 is 0. The van der Waals surface area contributed by atoms with Crippen molar-refractivity contribution in [3.05, 3.63) is 66.7 Å². The predicted octanol–water partition coefficient (Wildman–Crippen LogP) is 3.87. The van der Waals surface area contributed by atoms with Crippen molar-refractivity contribution in [2.24, 2.45) is 0 Å². The minimum Gasteiger partial charge on any atom is -0.357 e. The molecule has 0 radical (unpaired) electrons. The first-order valence-corrected chi connectivity index (χ1v) is 9.69. The van der Waals surface area contributed by atoms with Gasteiger partial charge in [0.15, 0.2) is 5.69 Å². The third-order valence-electron chi connectivity index (χ3n) is 5.21. The zero-order valence-electron chi connectivity index (χ0n) is 15.8. The first-order chi connectivity index (χ1) is 14.3. The molecule has 29 heavy (non-hydrogen) atoms. The summed E-state index contributed by atoms with van der Waals surface area (Å²) in [7, 11) is 0. The monoisotopic (exact) mass is 384 g/mol. The van der Waals surface area contributed by atoms with E-state index in [1.54, 1.807) is 24.5 Å². The van der Waals surface area contributed by atoms with Gasteiger partial charge in [0.2, 0.25) is 0 Å². The number of pyridine rings is 2. The van der Waals surface area contributed by atoms with Crippen molar-refractivity contribution >= 4 is 28.3 Å². The summed E-state index contributed by atoms with van der Waals surface area (Å²) in [6.45, 7) is 2.14. The Kier molecular flexibility index (Phi) is 4.40. The molecule has 1 aliphatic heterocycles. The van der Waals surface area contributed by atoms with Gasteiger partial charge >= 0.3 is 0 Å². The van der Waals surface area contributed by atoms with Crippen LogP contribution in [0.5, 0.6) is 0 Å². The summed E-state index contributed by atoms with van der Waals surface area (Å²) >= 11 is 0. The summed E-state index contributed by atoms with van der Waals surface area (Å²) in [6, 6.07) is 13.6. The Labute approximate surface area is 167 Å². The minimum absolute atomic E-state index is 0.274. The Hall–Kier alpha value is -3.74. The Morgan fingerprint density at radius 3 is 2.66 bits per heavy atom. The van der Waals surface area contributed by atoms with Gasteiger partial charge in [0.05, 0.1) is 17.4 Å². The van der Waals surface area contributed by atoms with Crippen molar-refractivity contribution in [3.63, 3.8) is 0 Å². The molecule has 1 fully saturated rings. The highest BCUT2D eigenvalue weighted by atomic mass is 16.1. The molecule has 0 saturated carbocycles. The number of aromatic amines is 1. The lowest BCUT2D eigenvalue weighted by Gasteiger charge is -2.16. The summed E-state index contributed by atoms with van der Waals surface area (Å²) in [5.41, 5.74) is 3.80. The third kappa shape index (κ3) is 3.42. The summed E-state index contributed by atoms with van der Waals surface area (Å²) in [5, 5.41) is 10.7. The molecule has 144 valence electrons. The maximum absolute atomic E-state index is 12.7. The van der Waals surface area contributed by atoms with Crippen molar-refractivity contribution in [1.82, 2.24) is 20.2 Å². The van der Waals surface area contributed by atoms with E-state index in [0.717, 1.165) is 40.9 Å². The number of hydrogen-bond acceptors (Lipinski definition) is 5. The van der Waals surface area contributed by atoms with Crippen LogP contribution in [0, 0.1) is 0 Å². The van der Waals surface area contributed by atoms with E-state index in [1.165, 1.54) is 12.8 Å². The third-order valence-corrected chi connectivity index (χ3v) is 5.21. The van der Waals surface area contributed by atoms with Crippen LogP contribution in [-0.2, 0) is 0 Å². The Bertz CT molecular complexity index is 1150. The highest BCUT2D eigenvalue weighted by Gasteiger charge is 2.16. The smallest absolute Gasteiger partial charge is 0.276 e. The van der Waals surface area contributed by atoms with Crippen molar-refractivity contribution in [3.8, 4) is 11.1 Å². The SMILES string of the molecule is O=C(Nc1cccnc1)c1n[nH]c2ccc(-c3ccc(N4CCCC4)nc3)cc12. The van der Waals surface area contributed by atoms with Crippen LogP contribution in [0.1, 0.15) is 23.3 Å². The van der Waals surface area contributed by atoms with E-state index in [2.05, 4.69) is 42.5 Å². The van der Waals surface area contributed by atoms with Gasteiger partial charge in [-0.3, -0.25) is 14.9 Å². The zero-order valence-corrected chi connectivity index (χ0v) is 15.8. The molecule has 1 saturated heterocycles. The van der Waals surface area contributed by atoms with Gasteiger partial charge in [0.1, 0.15) is 5.82 Å². The first-order valence-electron chi connectivity index (χ1n) is 9.69. The van der Waals surface area contributed by atoms with Crippen molar-refractivity contribution in [1.29, 1.82) is 0 Å². The van der Waals surface area contributed by atoms with E-state index in [-0.39, 0.29) is 5.91 Å². The molecule has 3 aromatic heterocycles. The highest BCUT2D eigenvalue weighted by Crippen LogP contribution is 2.27. The lowest BCUT2D eigenvalue weighted by atomic mass is 10.0. The van der Waals surface area contributed by atoms with Gasteiger partial charge in [-0.1, -0.05) is 6.07 Å². The number of nitrogens with one attached hydrogen (secondary N) is 2. The van der Waals surface area contributed by atoms with Crippen LogP contribution in [-0.4, -0.2) is 39.2 Å². The molecule has 4 aromatic rings. The van der Waals surface area contributed by atoms with Gasteiger partial charge < -0.3 is 10.2 Å². The van der Waals surface area contributed by atoms with Crippen molar-refractivity contribution < 1.29 is 4.79 Å². The van der Waals surface area contributed by atoms with Gasteiger partial charge in [0, 0.05) is 36.4 Å². The predicted molar refractivity (Wildman–Crippen MR) is 113 cm³/mol. The molecule has 1 amide bonds. The maximum Gasteiger partial charge on any atom is 0.276 e. The fourth-order valence-electron chi connectivity index (χ4n) is 3.68. The Balaban J connectivity index is 1.44. The lowest BCUT2D eigenvalue weighted by molar-refractivity contribution is 0.102. The Morgan fingerprint density at radius 2 is 1.90 bits per heavy atom. The second kappa shape index (κ2) is 7.35. The summed E-state index contributed by atoms with van der Waals surface area (Å²) in [5.74, 6) is 0.746. The van der Waals surface area contributed by atoms with Crippen LogP contribution in [0.25, 0.3) is 22.0 Å². The molecule has 0 spiro atoms. The molecule has 7 heteroatoms. The zero-order chi connectivity index (χ0) is 19.6. The molecule has 0 aliphatic carbocycles. The second-order valence-electron chi connectivity index (χ2n) is 7.13. The number of carbonyl (C=O) groups is 1. The van der Waals surface area contributed by atoms with Crippen molar-refractivity contribution in [2.75, 3.05) is 23.3 Å². The normalized spacial score (nSPS) is 13.7. The quantitative estimate of drug-likeness (QED) is 0.558. The van der Waals surface area contributed by atoms with Crippen LogP contribution in [0.2, 0.25) is 0 Å². The summed E-state index contributed by atoms with van der Waals surface area (Å²) in [4.78, 5) is 23.7. The topological polar surface area (TPSA) is 86.8 Å². The lowest BCUT2D eigenvalue weighted by Crippen LogP contribution is -2.18. The molecule has 1 aliphatic rings. The number of amides is 1. The van der Waals surface area contributed by atoms with Crippen molar-refractivity contribution in [2.45, 2.75) is 12.8 Å². The average Bonchev–Trinajstić information content (AvgIpc) is 3.44. The molecular formula is C22H20N6O. The molecule has 2 N–H and O–H groups in total. The van der Waals surface area contributed by atoms with Gasteiger partial charge in [-0.25, -0.2) is 4.98 Å². The number of anilines is 2. The fraction of sp³-hybridized carbons (Fsp3) is 0.182. The highest BCUT2D eigenvalue weighted by molar-refractivity contribution is 6.11. The first kappa shape index (κ1) is 17.4. The fourth-order valence-corrected chi connectivity index (χ4v) is 3.68. The molecule has 0 atom stereocenters. The van der Waals surface area contributed by atoms with Crippen LogP contribution < -0.4 is 10.2 Å². The largest absolute Gasteiger partial charge is 0.357 e. The number of carbonyl (C=O) groups excluding carboxylic acids is 1. The standard InChI is InChI=1S/C22H20N6O/c29-22(25-17-4-3-9-23-14-17)21-18-12-15(5-7-19(18)26-27-21)16-6-8-20(24-13-16)28-10-1-2-11-28/h3-9,12-14H,1-2,10-11H2,(H,25,29)(H,26,27). The molecular weight excluding hydrogens is 364 g/mol. The van der Waals surface area contributed by atoms with Gasteiger partial charge in [-0.15, -0.1) is 0 Å². The van der Waals surface area contributed by atoms with Crippen LogP contribution in [0.3, 0.4) is 0 Å². The number of fused-ring (bicyclic) bond motifs is 1. The van der Waals surface area contributed by atoms with Crippen LogP contribution in [0.15, 0.2) is 61.1 Å². The van der Waals surface area contributed by atoms with Gasteiger partial charge in [-0.2, -0.15) is 5.10 Å². The Morgan fingerprint density at radius 1 is 1.03 bits per heavy atom. The van der Waals surface area contributed by atoms with Crippen LogP contribution in [0.4, 0.5) is 11.5 Å². The average molecular weight is 384 g/mol. The number of rotatable bonds is 4. The number of hydrogen-bond donors (Lipinski definition) is 2. The van der Waals surface area contributed by atoms with E-state index >= 15 is 0 Å². The molecule has 1 aromatic carbocycles. The number of H-pyrrole nitrogens is 1.